The fourth-order valence-corrected chi connectivity index (χ4v) is 3.85. The first kappa shape index (κ1) is 20.7. The molecule has 0 aliphatic heterocycles. The van der Waals surface area contributed by atoms with Gasteiger partial charge in [0, 0.05) is 16.3 Å². The molecule has 4 aromatic rings. The largest absolute Gasteiger partial charge is 0.467 e. The molecule has 2 aromatic carbocycles. The standard InChI is InChI=1S/C23H22N4O3S/c1-23(2,3)24-21(28)20(19-12-7-13-30-19)27(22(29)17-14-31-26-25-17)18-11-6-9-15-8-4-5-10-16(15)18/h4-14,20H,1-3H3,(H,24,28)/t20-/m0/s1. The first-order valence-electron chi connectivity index (χ1n) is 9.79. The van der Waals surface area contributed by atoms with Crippen molar-refractivity contribution in [2.75, 3.05) is 4.90 Å². The predicted octanol–water partition coefficient (Wildman–Crippen LogP) is 4.59. The van der Waals surface area contributed by atoms with Gasteiger partial charge >= 0.3 is 0 Å². The van der Waals surface area contributed by atoms with E-state index in [-0.39, 0.29) is 11.6 Å². The number of amides is 2. The Morgan fingerprint density at radius 1 is 1.06 bits per heavy atom. The van der Waals surface area contributed by atoms with Crippen molar-refractivity contribution < 1.29 is 14.0 Å². The summed E-state index contributed by atoms with van der Waals surface area (Å²) in [6.07, 6.45) is 1.49. The van der Waals surface area contributed by atoms with Crippen molar-refractivity contribution >= 4 is 39.8 Å². The Hall–Kier alpha value is -3.52. The van der Waals surface area contributed by atoms with E-state index >= 15 is 0 Å². The van der Waals surface area contributed by atoms with Gasteiger partial charge in [0.05, 0.1) is 12.0 Å². The number of carbonyl (C=O) groups excluding carboxylic acids is 2. The lowest BCUT2D eigenvalue weighted by atomic mass is 10.0. The van der Waals surface area contributed by atoms with E-state index in [9.17, 15) is 9.59 Å². The number of aromatic nitrogens is 2. The average Bonchev–Trinajstić information content (AvgIpc) is 3.44. The van der Waals surface area contributed by atoms with Gasteiger partial charge in [-0.05, 0) is 55.9 Å². The zero-order valence-corrected chi connectivity index (χ0v) is 18.2. The Morgan fingerprint density at radius 2 is 1.84 bits per heavy atom. The first-order chi connectivity index (χ1) is 14.8. The zero-order valence-electron chi connectivity index (χ0n) is 17.4. The molecule has 0 spiro atoms. The second kappa shape index (κ2) is 8.31. The maximum atomic E-state index is 13.7. The smallest absolute Gasteiger partial charge is 0.280 e. The Kier molecular flexibility index (Phi) is 5.56. The maximum Gasteiger partial charge on any atom is 0.280 e. The van der Waals surface area contributed by atoms with Gasteiger partial charge in [-0.25, -0.2) is 0 Å². The van der Waals surface area contributed by atoms with Crippen LogP contribution in [0.1, 0.15) is 43.1 Å². The fourth-order valence-electron chi connectivity index (χ4n) is 3.42. The number of fused-ring (bicyclic) bond motifs is 1. The van der Waals surface area contributed by atoms with Crippen molar-refractivity contribution in [2.24, 2.45) is 0 Å². The molecule has 1 N–H and O–H groups in total. The van der Waals surface area contributed by atoms with Crippen LogP contribution < -0.4 is 10.2 Å². The van der Waals surface area contributed by atoms with Crippen LogP contribution >= 0.6 is 11.5 Å². The molecular formula is C23H22N4O3S. The van der Waals surface area contributed by atoms with Crippen LogP contribution in [0.15, 0.2) is 70.7 Å². The molecule has 4 rings (SSSR count). The van der Waals surface area contributed by atoms with Crippen LogP contribution in [0.25, 0.3) is 10.8 Å². The monoisotopic (exact) mass is 434 g/mol. The molecule has 0 aliphatic carbocycles. The lowest BCUT2D eigenvalue weighted by Crippen LogP contribution is -2.49. The maximum absolute atomic E-state index is 13.7. The lowest BCUT2D eigenvalue weighted by molar-refractivity contribution is -0.124. The topological polar surface area (TPSA) is 88.3 Å². The summed E-state index contributed by atoms with van der Waals surface area (Å²) < 4.78 is 9.45. The molecule has 0 fully saturated rings. The minimum absolute atomic E-state index is 0.165. The van der Waals surface area contributed by atoms with Crippen molar-refractivity contribution in [1.82, 2.24) is 14.9 Å². The van der Waals surface area contributed by atoms with E-state index in [4.69, 9.17) is 4.42 Å². The summed E-state index contributed by atoms with van der Waals surface area (Å²) in [4.78, 5) is 28.6. The number of carbonyl (C=O) groups is 2. The summed E-state index contributed by atoms with van der Waals surface area (Å²) in [7, 11) is 0. The van der Waals surface area contributed by atoms with Gasteiger partial charge in [0.1, 0.15) is 5.76 Å². The molecule has 158 valence electrons. The Bertz CT molecular complexity index is 1190. The van der Waals surface area contributed by atoms with Crippen LogP contribution in [-0.2, 0) is 4.79 Å². The summed E-state index contributed by atoms with van der Waals surface area (Å²) in [5.74, 6) is -0.436. The second-order valence-corrected chi connectivity index (χ2v) is 8.73. The van der Waals surface area contributed by atoms with Crippen molar-refractivity contribution in [1.29, 1.82) is 0 Å². The van der Waals surface area contributed by atoms with Crippen molar-refractivity contribution in [3.05, 3.63) is 77.7 Å². The summed E-state index contributed by atoms with van der Waals surface area (Å²) >= 11 is 1.08. The van der Waals surface area contributed by atoms with Gasteiger partial charge in [0.15, 0.2) is 11.7 Å². The van der Waals surface area contributed by atoms with E-state index in [1.54, 1.807) is 17.5 Å². The number of nitrogens with zero attached hydrogens (tertiary/aromatic N) is 3. The molecule has 31 heavy (non-hydrogen) atoms. The zero-order chi connectivity index (χ0) is 22.0. The minimum Gasteiger partial charge on any atom is -0.467 e. The van der Waals surface area contributed by atoms with Crippen molar-refractivity contribution in [3.8, 4) is 0 Å². The van der Waals surface area contributed by atoms with E-state index in [2.05, 4.69) is 14.9 Å². The molecule has 2 aromatic heterocycles. The molecule has 0 unspecified atom stereocenters. The Morgan fingerprint density at radius 3 is 2.52 bits per heavy atom. The van der Waals surface area contributed by atoms with Crippen molar-refractivity contribution in [2.45, 2.75) is 32.4 Å². The normalized spacial score (nSPS) is 12.5. The average molecular weight is 435 g/mol. The third-order valence-electron chi connectivity index (χ3n) is 4.64. The highest BCUT2D eigenvalue weighted by Crippen LogP contribution is 2.35. The first-order valence-corrected chi connectivity index (χ1v) is 10.6. The number of anilines is 1. The van der Waals surface area contributed by atoms with Crippen molar-refractivity contribution in [3.63, 3.8) is 0 Å². The van der Waals surface area contributed by atoms with E-state index in [0.717, 1.165) is 22.3 Å². The molecule has 0 bridgehead atoms. The van der Waals surface area contributed by atoms with Crippen LogP contribution in [0.2, 0.25) is 0 Å². The molecule has 0 radical (unpaired) electrons. The lowest BCUT2D eigenvalue weighted by Gasteiger charge is -2.32. The van der Waals surface area contributed by atoms with Crippen LogP contribution in [0.4, 0.5) is 5.69 Å². The summed E-state index contributed by atoms with van der Waals surface area (Å²) in [6, 6.07) is 15.7. The summed E-state index contributed by atoms with van der Waals surface area (Å²) in [6.45, 7) is 5.66. The van der Waals surface area contributed by atoms with Gasteiger partial charge in [0.25, 0.3) is 11.8 Å². The van der Waals surface area contributed by atoms with Crippen LogP contribution in [0.5, 0.6) is 0 Å². The molecule has 8 heteroatoms. The molecule has 0 aliphatic rings. The molecule has 7 nitrogen and oxygen atoms in total. The SMILES string of the molecule is CC(C)(C)NC(=O)[C@H](c1ccco1)N(C(=O)c1csnn1)c1cccc2ccccc12. The van der Waals surface area contributed by atoms with E-state index in [1.807, 2.05) is 63.2 Å². The third-order valence-corrected chi connectivity index (χ3v) is 5.15. The highest BCUT2D eigenvalue weighted by atomic mass is 32.1. The van der Waals surface area contributed by atoms with E-state index in [0.29, 0.717) is 11.4 Å². The van der Waals surface area contributed by atoms with E-state index in [1.165, 1.54) is 11.2 Å². The molecule has 1 atom stereocenters. The number of rotatable bonds is 5. The van der Waals surface area contributed by atoms with Gasteiger partial charge in [-0.15, -0.1) is 5.10 Å². The number of nitrogens with one attached hydrogen (secondary N) is 1. The fraction of sp³-hybridized carbons (Fsp3) is 0.217. The van der Waals surface area contributed by atoms with Crippen LogP contribution in [-0.4, -0.2) is 26.9 Å². The number of furan rings is 1. The predicted molar refractivity (Wildman–Crippen MR) is 120 cm³/mol. The van der Waals surface area contributed by atoms with Gasteiger partial charge in [0.2, 0.25) is 0 Å². The van der Waals surface area contributed by atoms with Gasteiger partial charge in [-0.2, -0.15) is 0 Å². The number of hydrogen-bond acceptors (Lipinski definition) is 6. The van der Waals surface area contributed by atoms with Gasteiger partial charge in [-0.1, -0.05) is 40.9 Å². The molecule has 0 saturated heterocycles. The third kappa shape index (κ3) is 4.34. The molecular weight excluding hydrogens is 412 g/mol. The van der Waals surface area contributed by atoms with E-state index < -0.39 is 17.5 Å². The number of benzene rings is 2. The quantitative estimate of drug-likeness (QED) is 0.496. The summed E-state index contributed by atoms with van der Waals surface area (Å²) in [5, 5.41) is 10.3. The highest BCUT2D eigenvalue weighted by molar-refractivity contribution is 7.03. The van der Waals surface area contributed by atoms with Gasteiger partial charge in [-0.3, -0.25) is 14.5 Å². The summed E-state index contributed by atoms with van der Waals surface area (Å²) in [5.41, 5.74) is 0.247. The second-order valence-electron chi connectivity index (χ2n) is 8.12. The minimum atomic E-state index is -1.03. The highest BCUT2D eigenvalue weighted by Gasteiger charge is 2.38. The molecule has 2 heterocycles. The Balaban J connectivity index is 1.93. The molecule has 2 amide bonds. The van der Waals surface area contributed by atoms with Gasteiger partial charge < -0.3 is 9.73 Å². The van der Waals surface area contributed by atoms with Crippen LogP contribution in [0.3, 0.4) is 0 Å². The Labute approximate surface area is 183 Å². The molecule has 0 saturated carbocycles. The number of hydrogen-bond donors (Lipinski definition) is 1. The van der Waals surface area contributed by atoms with Crippen LogP contribution in [0, 0.1) is 0 Å².